The highest BCUT2D eigenvalue weighted by atomic mass is 16.4. The molecule has 0 saturated heterocycles. The largest absolute Gasteiger partial charge is 0.504 e. The molecule has 0 aliphatic carbocycles. The second kappa shape index (κ2) is 5.82. The second-order valence-corrected chi connectivity index (χ2v) is 6.42. The number of aromatic amines is 1. The highest BCUT2D eigenvalue weighted by Crippen LogP contribution is 2.36. The van der Waals surface area contributed by atoms with Crippen LogP contribution in [0.5, 0.6) is 11.5 Å². The first-order chi connectivity index (χ1) is 12.0. The molecule has 2 unspecified atom stereocenters. The molecule has 0 fully saturated rings. The van der Waals surface area contributed by atoms with Crippen molar-refractivity contribution in [1.29, 1.82) is 0 Å². The minimum atomic E-state index is -0.929. The second-order valence-electron chi connectivity index (χ2n) is 6.42. The number of carbonyl (C=O) groups is 1. The van der Waals surface area contributed by atoms with Gasteiger partial charge < -0.3 is 20.3 Å². The minimum absolute atomic E-state index is 0.196. The fourth-order valence-electron chi connectivity index (χ4n) is 3.60. The van der Waals surface area contributed by atoms with E-state index in [9.17, 15) is 20.1 Å². The van der Waals surface area contributed by atoms with E-state index in [1.807, 2.05) is 30.5 Å². The number of hydrogen-bond donors (Lipinski definition) is 5. The maximum Gasteiger partial charge on any atom is 0.321 e. The van der Waals surface area contributed by atoms with Gasteiger partial charge >= 0.3 is 5.97 Å². The van der Waals surface area contributed by atoms with Crippen molar-refractivity contribution in [1.82, 2.24) is 10.3 Å². The summed E-state index contributed by atoms with van der Waals surface area (Å²) in [5.41, 5.74) is 3.65. The van der Waals surface area contributed by atoms with Crippen LogP contribution in [-0.4, -0.2) is 32.3 Å². The Bertz CT molecular complexity index is 963. The summed E-state index contributed by atoms with van der Waals surface area (Å²) in [4.78, 5) is 14.7. The molecule has 2 atom stereocenters. The molecule has 1 aliphatic rings. The Balaban J connectivity index is 1.75. The van der Waals surface area contributed by atoms with Crippen LogP contribution in [0.1, 0.15) is 22.7 Å². The predicted molar refractivity (Wildman–Crippen MR) is 92.8 cm³/mol. The van der Waals surface area contributed by atoms with Crippen LogP contribution in [0.4, 0.5) is 0 Å². The van der Waals surface area contributed by atoms with Crippen molar-refractivity contribution < 1.29 is 20.1 Å². The zero-order chi connectivity index (χ0) is 17.6. The number of nitrogens with one attached hydrogen (secondary N) is 2. The van der Waals surface area contributed by atoms with E-state index in [0.29, 0.717) is 6.42 Å². The summed E-state index contributed by atoms with van der Waals surface area (Å²) in [6.45, 7) is 0. The van der Waals surface area contributed by atoms with E-state index in [0.717, 1.165) is 27.6 Å². The van der Waals surface area contributed by atoms with Gasteiger partial charge in [0.1, 0.15) is 6.04 Å². The Labute approximate surface area is 143 Å². The number of phenolic OH excluding ortho intramolecular Hbond substituents is 2. The number of fused-ring (bicyclic) bond motifs is 2. The zero-order valence-electron chi connectivity index (χ0n) is 13.4. The lowest BCUT2D eigenvalue weighted by Crippen LogP contribution is -2.45. The SMILES string of the molecule is O=C(O)C1Cc2cc(O)c(O)cc2C(Cc2c[nH]c3ccccc23)N1. The number of para-hydroxylation sites is 1. The van der Waals surface area contributed by atoms with E-state index in [1.54, 1.807) is 0 Å². The van der Waals surface area contributed by atoms with Crippen molar-refractivity contribution in [2.24, 2.45) is 0 Å². The molecule has 0 bridgehead atoms. The van der Waals surface area contributed by atoms with Gasteiger partial charge in [-0.3, -0.25) is 10.1 Å². The van der Waals surface area contributed by atoms with Crippen LogP contribution in [0.25, 0.3) is 10.9 Å². The molecule has 2 heterocycles. The zero-order valence-corrected chi connectivity index (χ0v) is 13.4. The highest BCUT2D eigenvalue weighted by molar-refractivity contribution is 5.83. The lowest BCUT2D eigenvalue weighted by atomic mass is 9.86. The molecule has 128 valence electrons. The van der Waals surface area contributed by atoms with Crippen LogP contribution in [0.2, 0.25) is 0 Å². The monoisotopic (exact) mass is 338 g/mol. The number of carboxylic acid groups (broad SMARTS) is 1. The fraction of sp³-hybridized carbons (Fsp3) is 0.211. The number of hydrogen-bond acceptors (Lipinski definition) is 4. The summed E-state index contributed by atoms with van der Waals surface area (Å²) in [6, 6.07) is 9.92. The molecule has 6 heteroatoms. The summed E-state index contributed by atoms with van der Waals surface area (Å²) in [6.07, 6.45) is 2.77. The molecule has 25 heavy (non-hydrogen) atoms. The van der Waals surface area contributed by atoms with E-state index in [4.69, 9.17) is 0 Å². The number of aliphatic carboxylic acids is 1. The molecule has 4 rings (SSSR count). The molecule has 0 spiro atoms. The Morgan fingerprint density at radius 1 is 1.16 bits per heavy atom. The third-order valence-corrected chi connectivity index (χ3v) is 4.84. The Kier molecular flexibility index (Phi) is 3.62. The summed E-state index contributed by atoms with van der Waals surface area (Å²) < 4.78 is 0. The number of rotatable bonds is 3. The smallest absolute Gasteiger partial charge is 0.321 e. The van der Waals surface area contributed by atoms with E-state index in [2.05, 4.69) is 10.3 Å². The molecule has 0 radical (unpaired) electrons. The van der Waals surface area contributed by atoms with E-state index < -0.39 is 12.0 Å². The molecule has 3 aromatic rings. The van der Waals surface area contributed by atoms with Crippen LogP contribution in [0.3, 0.4) is 0 Å². The van der Waals surface area contributed by atoms with Crippen molar-refractivity contribution in [2.75, 3.05) is 0 Å². The normalized spacial score (nSPS) is 19.7. The van der Waals surface area contributed by atoms with Gasteiger partial charge in [0.25, 0.3) is 0 Å². The number of aromatic hydroxyl groups is 2. The standard InChI is InChI=1S/C19H18N2O4/c22-17-7-10-5-16(19(24)25)21-15(13(10)8-18(17)23)6-11-9-20-14-4-2-1-3-12(11)14/h1-4,7-9,15-16,20-23H,5-6H2,(H,24,25). The van der Waals surface area contributed by atoms with Gasteiger partial charge in [0, 0.05) is 23.1 Å². The van der Waals surface area contributed by atoms with Crippen LogP contribution < -0.4 is 5.32 Å². The Morgan fingerprint density at radius 3 is 2.72 bits per heavy atom. The minimum Gasteiger partial charge on any atom is -0.504 e. The van der Waals surface area contributed by atoms with Crippen LogP contribution in [0, 0.1) is 0 Å². The average molecular weight is 338 g/mol. The molecule has 0 saturated carbocycles. The quantitative estimate of drug-likeness (QED) is 0.472. The van der Waals surface area contributed by atoms with Crippen molar-refractivity contribution in [2.45, 2.75) is 24.9 Å². The van der Waals surface area contributed by atoms with Gasteiger partial charge in [0.2, 0.25) is 0 Å². The van der Waals surface area contributed by atoms with Crippen molar-refractivity contribution in [3.63, 3.8) is 0 Å². The molecule has 0 amide bonds. The average Bonchev–Trinajstić information content (AvgIpc) is 2.99. The maximum absolute atomic E-state index is 11.5. The van der Waals surface area contributed by atoms with E-state index >= 15 is 0 Å². The molecule has 1 aromatic heterocycles. The predicted octanol–water partition coefficient (Wildman–Crippen LogP) is 2.46. The first-order valence-electron chi connectivity index (χ1n) is 8.11. The van der Waals surface area contributed by atoms with Crippen molar-refractivity contribution in [3.8, 4) is 11.5 Å². The van der Waals surface area contributed by atoms with Crippen molar-refractivity contribution in [3.05, 3.63) is 59.3 Å². The summed E-state index contributed by atoms with van der Waals surface area (Å²) in [7, 11) is 0. The first kappa shape index (κ1) is 15.5. The molecule has 5 N–H and O–H groups in total. The van der Waals surface area contributed by atoms with Gasteiger partial charge in [-0.25, -0.2) is 0 Å². The number of phenols is 2. The van der Waals surface area contributed by atoms with Crippen molar-refractivity contribution >= 4 is 16.9 Å². The van der Waals surface area contributed by atoms with Crippen LogP contribution in [-0.2, 0) is 17.6 Å². The van der Waals surface area contributed by atoms with Gasteiger partial charge in [0.05, 0.1) is 0 Å². The molecular formula is C19H18N2O4. The Hall–Kier alpha value is -2.99. The molecular weight excluding hydrogens is 320 g/mol. The summed E-state index contributed by atoms with van der Waals surface area (Å²) in [5, 5.41) is 33.3. The number of aromatic nitrogens is 1. The summed E-state index contributed by atoms with van der Waals surface area (Å²) in [5.74, 6) is -1.35. The fourth-order valence-corrected chi connectivity index (χ4v) is 3.60. The van der Waals surface area contributed by atoms with Crippen LogP contribution in [0.15, 0.2) is 42.6 Å². The number of benzene rings is 2. The maximum atomic E-state index is 11.5. The third-order valence-electron chi connectivity index (χ3n) is 4.84. The lowest BCUT2D eigenvalue weighted by molar-refractivity contribution is -0.139. The van der Waals surface area contributed by atoms with Gasteiger partial charge in [-0.05, 0) is 47.7 Å². The molecule has 1 aliphatic heterocycles. The van der Waals surface area contributed by atoms with Gasteiger partial charge in [-0.2, -0.15) is 0 Å². The van der Waals surface area contributed by atoms with Gasteiger partial charge in [-0.15, -0.1) is 0 Å². The lowest BCUT2D eigenvalue weighted by Gasteiger charge is -2.31. The molecule has 6 nitrogen and oxygen atoms in total. The van der Waals surface area contributed by atoms with Gasteiger partial charge in [-0.1, -0.05) is 18.2 Å². The molecule has 2 aromatic carbocycles. The topological polar surface area (TPSA) is 106 Å². The highest BCUT2D eigenvalue weighted by Gasteiger charge is 2.31. The number of carboxylic acids is 1. The first-order valence-corrected chi connectivity index (χ1v) is 8.11. The van der Waals surface area contributed by atoms with Gasteiger partial charge in [0.15, 0.2) is 11.5 Å². The third kappa shape index (κ3) is 2.70. The van der Waals surface area contributed by atoms with E-state index in [-0.39, 0.29) is 24.0 Å². The Morgan fingerprint density at radius 2 is 1.92 bits per heavy atom. The summed E-state index contributed by atoms with van der Waals surface area (Å²) >= 11 is 0. The van der Waals surface area contributed by atoms with Crippen LogP contribution >= 0.6 is 0 Å². The van der Waals surface area contributed by atoms with E-state index in [1.165, 1.54) is 12.1 Å². The number of H-pyrrole nitrogens is 1.